The number of methoxy groups -OCH3 is 2. The fourth-order valence-electron chi connectivity index (χ4n) is 3.89. The first-order valence-electron chi connectivity index (χ1n) is 9.43. The quantitative estimate of drug-likeness (QED) is 0.745. The Kier molecular flexibility index (Phi) is 6.01. The Morgan fingerprint density at radius 2 is 2.07 bits per heavy atom. The highest BCUT2D eigenvalue weighted by Crippen LogP contribution is 2.25. The predicted octanol–water partition coefficient (Wildman–Crippen LogP) is 1.06. The molecule has 2 heterocycles. The zero-order valence-electron chi connectivity index (χ0n) is 16.5. The van der Waals surface area contributed by atoms with Crippen LogP contribution in [0.5, 0.6) is 5.75 Å². The van der Waals surface area contributed by atoms with Crippen molar-refractivity contribution in [1.29, 1.82) is 0 Å². The molecule has 2 aliphatic heterocycles. The monoisotopic (exact) mass is 375 g/mol. The highest BCUT2D eigenvalue weighted by atomic mass is 16.5. The van der Waals surface area contributed by atoms with Crippen molar-refractivity contribution < 1.29 is 19.1 Å². The second-order valence-corrected chi connectivity index (χ2v) is 7.63. The van der Waals surface area contributed by atoms with Gasteiger partial charge in [0.1, 0.15) is 17.8 Å². The summed E-state index contributed by atoms with van der Waals surface area (Å²) >= 11 is 0. The number of nitrogens with zero attached hydrogens (tertiary/aromatic N) is 1. The van der Waals surface area contributed by atoms with Gasteiger partial charge >= 0.3 is 0 Å². The lowest BCUT2D eigenvalue weighted by Gasteiger charge is -2.36. The fraction of sp³-hybridized carbons (Fsp3) is 0.600. The molecule has 0 radical (unpaired) electrons. The van der Waals surface area contributed by atoms with Gasteiger partial charge in [-0.1, -0.05) is 19.9 Å². The maximum absolute atomic E-state index is 12.7. The van der Waals surface area contributed by atoms with Crippen molar-refractivity contribution in [1.82, 2.24) is 15.5 Å². The second-order valence-electron chi connectivity index (χ2n) is 7.63. The van der Waals surface area contributed by atoms with Crippen molar-refractivity contribution in [2.75, 3.05) is 20.8 Å². The first-order chi connectivity index (χ1) is 12.9. The standard InChI is InChI=1S/C20H29N3O4/c1-12(2)18-20(25)23-10-15(8-16(23)19(24)22-18)21-9-13-5-6-17(27-4)14(7-13)11-26-3/h5-7,12,15-16,18,21H,8-11H2,1-4H3,(H,22,24)/t15-,16-,18-/m0/s1. The molecule has 1 aromatic carbocycles. The maximum Gasteiger partial charge on any atom is 0.246 e. The Labute approximate surface area is 160 Å². The molecule has 0 bridgehead atoms. The van der Waals surface area contributed by atoms with Crippen LogP contribution in [0.1, 0.15) is 31.4 Å². The summed E-state index contributed by atoms with van der Waals surface area (Å²) in [6.45, 7) is 5.63. The number of amides is 2. The van der Waals surface area contributed by atoms with Gasteiger partial charge in [0.25, 0.3) is 0 Å². The van der Waals surface area contributed by atoms with Crippen LogP contribution in [0, 0.1) is 5.92 Å². The molecule has 3 atom stereocenters. The molecule has 0 aliphatic carbocycles. The molecule has 3 rings (SSSR count). The van der Waals surface area contributed by atoms with Gasteiger partial charge in [0.05, 0.1) is 13.7 Å². The summed E-state index contributed by atoms with van der Waals surface area (Å²) in [4.78, 5) is 26.8. The van der Waals surface area contributed by atoms with Crippen molar-refractivity contribution in [2.45, 2.75) is 51.5 Å². The van der Waals surface area contributed by atoms with E-state index >= 15 is 0 Å². The van der Waals surface area contributed by atoms with Crippen molar-refractivity contribution in [3.05, 3.63) is 29.3 Å². The lowest BCUT2D eigenvalue weighted by molar-refractivity contribution is -0.148. The smallest absolute Gasteiger partial charge is 0.246 e. The Hall–Kier alpha value is -2.12. The topological polar surface area (TPSA) is 79.9 Å². The van der Waals surface area contributed by atoms with Crippen LogP contribution in [0.25, 0.3) is 0 Å². The van der Waals surface area contributed by atoms with Crippen LogP contribution in [0.15, 0.2) is 18.2 Å². The Bertz CT molecular complexity index is 706. The van der Waals surface area contributed by atoms with Gasteiger partial charge in [0.2, 0.25) is 11.8 Å². The number of hydrogen-bond donors (Lipinski definition) is 2. The summed E-state index contributed by atoms with van der Waals surface area (Å²) < 4.78 is 10.6. The second kappa shape index (κ2) is 8.27. The molecule has 2 fully saturated rings. The lowest BCUT2D eigenvalue weighted by Crippen LogP contribution is -2.62. The summed E-state index contributed by atoms with van der Waals surface area (Å²) in [5.74, 6) is 0.892. The Balaban J connectivity index is 1.63. The first-order valence-corrected chi connectivity index (χ1v) is 9.43. The molecule has 0 aromatic heterocycles. The van der Waals surface area contributed by atoms with Crippen LogP contribution in [-0.4, -0.2) is 55.6 Å². The summed E-state index contributed by atoms with van der Waals surface area (Å²) in [5.41, 5.74) is 2.11. The van der Waals surface area contributed by atoms with Crippen LogP contribution in [-0.2, 0) is 27.5 Å². The predicted molar refractivity (Wildman–Crippen MR) is 101 cm³/mol. The largest absolute Gasteiger partial charge is 0.496 e. The SMILES string of the molecule is COCc1cc(CN[C@H]2C[C@H]3C(=O)N[C@@H](C(C)C)C(=O)N3C2)ccc1OC. The number of rotatable bonds is 7. The van der Waals surface area contributed by atoms with Crippen molar-refractivity contribution in [3.63, 3.8) is 0 Å². The first kappa shape index (κ1) is 19.6. The normalized spacial score (nSPS) is 24.9. The molecule has 0 spiro atoms. The van der Waals surface area contributed by atoms with Gasteiger partial charge in [-0.25, -0.2) is 0 Å². The van der Waals surface area contributed by atoms with E-state index in [0.29, 0.717) is 26.1 Å². The summed E-state index contributed by atoms with van der Waals surface area (Å²) in [7, 11) is 3.30. The number of nitrogens with one attached hydrogen (secondary N) is 2. The molecule has 0 saturated carbocycles. The zero-order valence-corrected chi connectivity index (χ0v) is 16.5. The van der Waals surface area contributed by atoms with Crippen LogP contribution in [0.2, 0.25) is 0 Å². The minimum Gasteiger partial charge on any atom is -0.496 e. The molecular formula is C20H29N3O4. The Morgan fingerprint density at radius 1 is 1.30 bits per heavy atom. The third-order valence-corrected chi connectivity index (χ3v) is 5.36. The third kappa shape index (κ3) is 4.09. The van der Waals surface area contributed by atoms with Gasteiger partial charge in [-0.2, -0.15) is 0 Å². The number of ether oxygens (including phenoxy) is 2. The Morgan fingerprint density at radius 3 is 2.74 bits per heavy atom. The van der Waals surface area contributed by atoms with Gasteiger partial charge in [0.15, 0.2) is 0 Å². The van der Waals surface area contributed by atoms with E-state index in [1.807, 2.05) is 26.0 Å². The van der Waals surface area contributed by atoms with E-state index in [1.165, 1.54) is 0 Å². The van der Waals surface area contributed by atoms with Crippen molar-refractivity contribution in [2.24, 2.45) is 5.92 Å². The number of benzene rings is 1. The number of hydrogen-bond acceptors (Lipinski definition) is 5. The minimum atomic E-state index is -0.411. The molecule has 2 saturated heterocycles. The number of carbonyl (C=O) groups excluding carboxylic acids is 2. The van der Waals surface area contributed by atoms with Gasteiger partial charge in [-0.3, -0.25) is 9.59 Å². The van der Waals surface area contributed by atoms with Gasteiger partial charge in [-0.15, -0.1) is 0 Å². The summed E-state index contributed by atoms with van der Waals surface area (Å²) in [6, 6.07) is 5.34. The van der Waals surface area contributed by atoms with E-state index in [4.69, 9.17) is 9.47 Å². The van der Waals surface area contributed by atoms with Crippen molar-refractivity contribution >= 4 is 11.8 Å². The van der Waals surface area contributed by atoms with Crippen LogP contribution in [0.4, 0.5) is 0 Å². The van der Waals surface area contributed by atoms with Gasteiger partial charge in [-0.05, 0) is 30.0 Å². The molecule has 148 valence electrons. The van der Waals surface area contributed by atoms with E-state index in [-0.39, 0.29) is 29.8 Å². The number of carbonyl (C=O) groups is 2. The van der Waals surface area contributed by atoms with Crippen LogP contribution < -0.4 is 15.4 Å². The third-order valence-electron chi connectivity index (χ3n) is 5.36. The molecule has 7 heteroatoms. The summed E-state index contributed by atoms with van der Waals surface area (Å²) in [6.07, 6.45) is 0.642. The van der Waals surface area contributed by atoms with E-state index in [9.17, 15) is 9.59 Å². The minimum absolute atomic E-state index is 0.0331. The fourth-order valence-corrected chi connectivity index (χ4v) is 3.89. The van der Waals surface area contributed by atoms with E-state index in [2.05, 4.69) is 16.7 Å². The van der Waals surface area contributed by atoms with Gasteiger partial charge in [0, 0.05) is 31.8 Å². The van der Waals surface area contributed by atoms with E-state index in [1.54, 1.807) is 19.1 Å². The van der Waals surface area contributed by atoms with E-state index in [0.717, 1.165) is 16.9 Å². The number of piperazine rings is 1. The molecule has 1 aromatic rings. The molecule has 7 nitrogen and oxygen atoms in total. The van der Waals surface area contributed by atoms with Gasteiger partial charge < -0.3 is 25.0 Å². The number of fused-ring (bicyclic) bond motifs is 1. The average Bonchev–Trinajstić information content (AvgIpc) is 3.08. The zero-order chi connectivity index (χ0) is 19.6. The molecule has 2 amide bonds. The highest BCUT2D eigenvalue weighted by molar-refractivity contribution is 5.97. The lowest BCUT2D eigenvalue weighted by atomic mass is 9.98. The van der Waals surface area contributed by atoms with Crippen LogP contribution >= 0.6 is 0 Å². The molecule has 0 unspecified atom stereocenters. The molecule has 27 heavy (non-hydrogen) atoms. The van der Waals surface area contributed by atoms with E-state index < -0.39 is 6.04 Å². The molecular weight excluding hydrogens is 346 g/mol. The highest BCUT2D eigenvalue weighted by Gasteiger charge is 2.46. The summed E-state index contributed by atoms with van der Waals surface area (Å²) in [5, 5.41) is 6.37. The average molecular weight is 375 g/mol. The maximum atomic E-state index is 12.7. The van der Waals surface area contributed by atoms with Crippen molar-refractivity contribution in [3.8, 4) is 5.75 Å². The molecule has 2 N–H and O–H groups in total. The molecule has 2 aliphatic rings. The van der Waals surface area contributed by atoms with Crippen LogP contribution in [0.3, 0.4) is 0 Å².